The van der Waals surface area contributed by atoms with Gasteiger partial charge in [0.2, 0.25) is 0 Å². The highest BCUT2D eigenvalue weighted by molar-refractivity contribution is 6.30. The van der Waals surface area contributed by atoms with Crippen LogP contribution >= 0.6 is 11.6 Å². The summed E-state index contributed by atoms with van der Waals surface area (Å²) in [6.07, 6.45) is 1.29. The lowest BCUT2D eigenvalue weighted by molar-refractivity contribution is 0.0970. The maximum Gasteiger partial charge on any atom is 0.283 e. The first-order valence-electron chi connectivity index (χ1n) is 8.33. The summed E-state index contributed by atoms with van der Waals surface area (Å²) in [5.41, 5.74) is 1.13. The third-order valence-corrected chi connectivity index (χ3v) is 4.47. The van der Waals surface area contributed by atoms with Crippen LogP contribution in [0.1, 0.15) is 15.9 Å². The van der Waals surface area contributed by atoms with Gasteiger partial charge in [-0.15, -0.1) is 5.10 Å². The average molecular weight is 398 g/mol. The summed E-state index contributed by atoms with van der Waals surface area (Å²) in [4.78, 5) is 29.3. The van der Waals surface area contributed by atoms with Crippen molar-refractivity contribution < 1.29 is 9.18 Å². The van der Waals surface area contributed by atoms with Crippen molar-refractivity contribution >= 4 is 28.5 Å². The number of Topliss-reactive ketones (excluding diaryl/α,β-unsaturated/α-hetero) is 1. The summed E-state index contributed by atoms with van der Waals surface area (Å²) in [6.45, 7) is 0.116. The Morgan fingerprint density at radius 2 is 1.79 bits per heavy atom. The van der Waals surface area contributed by atoms with Gasteiger partial charge >= 0.3 is 0 Å². The Hall–Kier alpha value is -3.39. The molecule has 7 nitrogen and oxygen atoms in total. The summed E-state index contributed by atoms with van der Waals surface area (Å²) in [5, 5.41) is 8.38. The first-order chi connectivity index (χ1) is 13.5. The number of hydrogen-bond acceptors (Lipinski definition) is 5. The van der Waals surface area contributed by atoms with Gasteiger partial charge in [0.05, 0.1) is 13.1 Å². The number of hydrogen-bond donors (Lipinski definition) is 0. The molecule has 0 spiro atoms. The monoisotopic (exact) mass is 397 g/mol. The Bertz CT molecular complexity index is 1220. The van der Waals surface area contributed by atoms with Crippen molar-refractivity contribution in [2.45, 2.75) is 13.1 Å². The molecule has 0 aliphatic carbocycles. The number of rotatable bonds is 5. The normalized spacial score (nSPS) is 11.1. The highest BCUT2D eigenvalue weighted by Gasteiger charge is 2.15. The molecule has 0 unspecified atom stereocenters. The number of halogens is 2. The second kappa shape index (κ2) is 7.32. The molecule has 0 amide bonds. The molecule has 140 valence electrons. The quantitative estimate of drug-likeness (QED) is 0.483. The maximum atomic E-state index is 13.0. The third kappa shape index (κ3) is 3.54. The van der Waals surface area contributed by atoms with Crippen molar-refractivity contribution in [2.24, 2.45) is 0 Å². The van der Waals surface area contributed by atoms with Crippen LogP contribution in [0.3, 0.4) is 0 Å². The lowest BCUT2D eigenvalue weighted by atomic mass is 10.1. The highest BCUT2D eigenvalue weighted by Crippen LogP contribution is 2.11. The minimum Gasteiger partial charge on any atom is -0.292 e. The molecule has 0 aliphatic heterocycles. The van der Waals surface area contributed by atoms with E-state index in [2.05, 4.69) is 15.3 Å². The molecular weight excluding hydrogens is 385 g/mol. The molecule has 0 aliphatic rings. The number of ketones is 1. The Balaban J connectivity index is 1.61. The summed E-state index contributed by atoms with van der Waals surface area (Å²) in [5.74, 6) is -0.586. The van der Waals surface area contributed by atoms with Gasteiger partial charge in [0.1, 0.15) is 12.1 Å². The van der Waals surface area contributed by atoms with Crippen molar-refractivity contribution in [3.63, 3.8) is 0 Å². The molecule has 0 saturated heterocycles. The van der Waals surface area contributed by atoms with Gasteiger partial charge in [0.25, 0.3) is 5.56 Å². The van der Waals surface area contributed by atoms with Crippen LogP contribution in [-0.4, -0.2) is 30.3 Å². The lowest BCUT2D eigenvalue weighted by Gasteiger charge is -2.05. The van der Waals surface area contributed by atoms with E-state index in [1.165, 1.54) is 27.7 Å². The number of nitrogens with zero attached hydrogens (tertiary/aromatic N) is 5. The Kier molecular flexibility index (Phi) is 4.70. The fraction of sp³-hybridized carbons (Fsp3) is 0.105. The number of carbonyl (C=O) groups is 1. The van der Waals surface area contributed by atoms with Crippen LogP contribution < -0.4 is 5.56 Å². The molecule has 2 aromatic heterocycles. The van der Waals surface area contributed by atoms with Crippen LogP contribution in [0.2, 0.25) is 5.02 Å². The minimum absolute atomic E-state index is 0.0634. The summed E-state index contributed by atoms with van der Waals surface area (Å²) < 4.78 is 15.7. The molecule has 28 heavy (non-hydrogen) atoms. The van der Waals surface area contributed by atoms with Gasteiger partial charge in [-0.05, 0) is 42.0 Å². The molecule has 2 heterocycles. The molecule has 2 aromatic carbocycles. The molecule has 0 atom stereocenters. The maximum absolute atomic E-state index is 13.0. The van der Waals surface area contributed by atoms with Crippen molar-refractivity contribution in [1.29, 1.82) is 0 Å². The van der Waals surface area contributed by atoms with E-state index < -0.39 is 5.56 Å². The number of fused-ring (bicyclic) bond motifs is 1. The number of benzene rings is 2. The molecule has 4 rings (SSSR count). The average Bonchev–Trinajstić information content (AvgIpc) is 3.10. The molecule has 0 fully saturated rings. The number of carbonyl (C=O) groups excluding carboxylic acids is 1. The first kappa shape index (κ1) is 18.0. The van der Waals surface area contributed by atoms with E-state index in [1.807, 2.05) is 0 Å². The Morgan fingerprint density at radius 1 is 1.07 bits per heavy atom. The van der Waals surface area contributed by atoms with Crippen LogP contribution in [-0.2, 0) is 13.1 Å². The van der Waals surface area contributed by atoms with Crippen LogP contribution in [0.5, 0.6) is 0 Å². The molecule has 0 bridgehead atoms. The third-order valence-electron chi connectivity index (χ3n) is 4.22. The van der Waals surface area contributed by atoms with Crippen molar-refractivity contribution in [3.8, 4) is 0 Å². The van der Waals surface area contributed by atoms with E-state index in [0.717, 1.165) is 5.56 Å². The second-order valence-corrected chi connectivity index (χ2v) is 6.59. The van der Waals surface area contributed by atoms with Gasteiger partial charge in [0.15, 0.2) is 16.9 Å². The van der Waals surface area contributed by atoms with Crippen LogP contribution in [0.15, 0.2) is 59.7 Å². The largest absolute Gasteiger partial charge is 0.292 e. The van der Waals surface area contributed by atoms with Crippen LogP contribution in [0.4, 0.5) is 4.39 Å². The molecule has 9 heteroatoms. The van der Waals surface area contributed by atoms with E-state index in [1.54, 1.807) is 36.4 Å². The predicted octanol–water partition coefficient (Wildman–Crippen LogP) is 2.71. The van der Waals surface area contributed by atoms with Crippen molar-refractivity contribution in [2.75, 3.05) is 0 Å². The lowest BCUT2D eigenvalue weighted by Crippen LogP contribution is -2.25. The minimum atomic E-state index is -0.460. The SMILES string of the molecule is O=C(Cn1cnc2c(nnn2Cc2ccc(F)cc2)c1=O)c1ccc(Cl)cc1. The van der Waals surface area contributed by atoms with Crippen LogP contribution in [0, 0.1) is 5.82 Å². The van der Waals surface area contributed by atoms with Gasteiger partial charge in [0, 0.05) is 10.6 Å². The smallest absolute Gasteiger partial charge is 0.283 e. The van der Waals surface area contributed by atoms with Crippen molar-refractivity contribution in [1.82, 2.24) is 24.5 Å². The summed E-state index contributed by atoms with van der Waals surface area (Å²) >= 11 is 5.82. The number of aromatic nitrogens is 5. The molecule has 4 aromatic rings. The van der Waals surface area contributed by atoms with E-state index in [0.29, 0.717) is 16.2 Å². The highest BCUT2D eigenvalue weighted by atomic mass is 35.5. The molecular formula is C19H13ClFN5O2. The fourth-order valence-corrected chi connectivity index (χ4v) is 2.88. The van der Waals surface area contributed by atoms with Gasteiger partial charge < -0.3 is 0 Å². The van der Waals surface area contributed by atoms with Gasteiger partial charge in [-0.2, -0.15) is 0 Å². The topological polar surface area (TPSA) is 82.7 Å². The second-order valence-electron chi connectivity index (χ2n) is 6.15. The predicted molar refractivity (Wildman–Crippen MR) is 101 cm³/mol. The molecule has 0 saturated carbocycles. The standard InChI is InChI=1S/C19H13ClFN5O2/c20-14-5-3-13(4-6-14)16(27)10-25-11-22-18-17(19(25)28)23-24-26(18)9-12-1-7-15(21)8-2-12/h1-8,11H,9-10H2. The Labute approximate surface area is 163 Å². The van der Waals surface area contributed by atoms with Gasteiger partial charge in [-0.3, -0.25) is 14.2 Å². The Morgan fingerprint density at radius 3 is 2.50 bits per heavy atom. The van der Waals surface area contributed by atoms with E-state index in [-0.39, 0.29) is 30.2 Å². The van der Waals surface area contributed by atoms with Gasteiger partial charge in [-0.1, -0.05) is 28.9 Å². The summed E-state index contributed by atoms with van der Waals surface area (Å²) in [6, 6.07) is 12.3. The zero-order chi connectivity index (χ0) is 19.7. The van der Waals surface area contributed by atoms with Crippen molar-refractivity contribution in [3.05, 3.63) is 87.2 Å². The molecule has 0 radical (unpaired) electrons. The molecule has 0 N–H and O–H groups in total. The van der Waals surface area contributed by atoms with Gasteiger partial charge in [-0.25, -0.2) is 14.1 Å². The zero-order valence-electron chi connectivity index (χ0n) is 14.4. The van der Waals surface area contributed by atoms with E-state index in [9.17, 15) is 14.0 Å². The van der Waals surface area contributed by atoms with E-state index >= 15 is 0 Å². The zero-order valence-corrected chi connectivity index (χ0v) is 15.2. The van der Waals surface area contributed by atoms with E-state index in [4.69, 9.17) is 11.6 Å². The first-order valence-corrected chi connectivity index (χ1v) is 8.71. The summed E-state index contributed by atoms with van der Waals surface area (Å²) in [7, 11) is 0. The fourth-order valence-electron chi connectivity index (χ4n) is 2.75. The van der Waals surface area contributed by atoms with Crippen LogP contribution in [0.25, 0.3) is 11.2 Å².